The van der Waals surface area contributed by atoms with Crippen molar-refractivity contribution in [2.24, 2.45) is 0 Å². The summed E-state index contributed by atoms with van der Waals surface area (Å²) in [5.74, 6) is 0. The third-order valence-corrected chi connectivity index (χ3v) is 9.68. The molecule has 0 unspecified atom stereocenters. The van der Waals surface area contributed by atoms with E-state index in [-0.39, 0.29) is 9.79 Å². The van der Waals surface area contributed by atoms with Gasteiger partial charge in [-0.15, -0.1) is 0 Å². The van der Waals surface area contributed by atoms with Crippen LogP contribution in [0.25, 0.3) is 0 Å². The maximum atomic E-state index is 12.5. The summed E-state index contributed by atoms with van der Waals surface area (Å²) in [5.41, 5.74) is 1.84. The Balaban J connectivity index is 1.30. The standard InChI is InChI=1S/C28H26N4O6S3/c1-19-7-3-5-9-25(19)40(35,36)31-27(33)29-21-11-15-23(16-12-21)39-24-17-13-22(14-18-24)30-28(34)32-41(37,38)26-10-6-4-8-20(26)2/h3-18H,1-2H3,(H2,29,31,33)(H2,30,32,34). The van der Waals surface area contributed by atoms with Crippen LogP contribution in [0, 0.1) is 13.8 Å². The lowest BCUT2D eigenvalue weighted by molar-refractivity contribution is 0.255. The summed E-state index contributed by atoms with van der Waals surface area (Å²) < 4.78 is 54.0. The molecule has 0 fully saturated rings. The fourth-order valence-electron chi connectivity index (χ4n) is 3.73. The Hall–Kier alpha value is -4.33. The summed E-state index contributed by atoms with van der Waals surface area (Å²) >= 11 is 1.41. The molecule has 0 aromatic heterocycles. The number of carbonyl (C=O) groups is 2. The number of sulfonamides is 2. The van der Waals surface area contributed by atoms with E-state index in [1.54, 1.807) is 98.8 Å². The minimum absolute atomic E-state index is 0.0241. The SMILES string of the molecule is Cc1ccccc1S(=O)(=O)NC(=O)Nc1ccc(Sc2ccc(NC(=O)NS(=O)(=O)c3ccccc3C)cc2)cc1. The van der Waals surface area contributed by atoms with E-state index in [4.69, 9.17) is 0 Å². The van der Waals surface area contributed by atoms with Crippen LogP contribution in [-0.4, -0.2) is 28.9 Å². The topological polar surface area (TPSA) is 151 Å². The van der Waals surface area contributed by atoms with E-state index in [9.17, 15) is 26.4 Å². The van der Waals surface area contributed by atoms with Crippen LogP contribution in [0.1, 0.15) is 11.1 Å². The summed E-state index contributed by atoms with van der Waals surface area (Å²) in [4.78, 5) is 26.3. The first-order valence-electron chi connectivity index (χ1n) is 12.1. The van der Waals surface area contributed by atoms with E-state index < -0.39 is 32.1 Å². The van der Waals surface area contributed by atoms with Gasteiger partial charge in [0, 0.05) is 21.2 Å². The van der Waals surface area contributed by atoms with Crippen molar-refractivity contribution >= 4 is 55.2 Å². The van der Waals surface area contributed by atoms with Crippen molar-refractivity contribution in [2.75, 3.05) is 10.6 Å². The van der Waals surface area contributed by atoms with Crippen molar-refractivity contribution in [1.82, 2.24) is 9.44 Å². The molecule has 4 amide bonds. The van der Waals surface area contributed by atoms with Gasteiger partial charge in [-0.05, 0) is 85.6 Å². The van der Waals surface area contributed by atoms with Gasteiger partial charge in [0.1, 0.15) is 0 Å². The van der Waals surface area contributed by atoms with Crippen molar-refractivity contribution in [3.63, 3.8) is 0 Å². The molecule has 4 rings (SSSR count). The lowest BCUT2D eigenvalue weighted by Gasteiger charge is -2.11. The van der Waals surface area contributed by atoms with E-state index >= 15 is 0 Å². The van der Waals surface area contributed by atoms with Crippen molar-refractivity contribution in [3.05, 3.63) is 108 Å². The van der Waals surface area contributed by atoms with Crippen LogP contribution in [0.15, 0.2) is 117 Å². The van der Waals surface area contributed by atoms with Crippen LogP contribution in [0.4, 0.5) is 21.0 Å². The van der Waals surface area contributed by atoms with Gasteiger partial charge in [0.05, 0.1) is 9.79 Å². The van der Waals surface area contributed by atoms with Gasteiger partial charge in [-0.1, -0.05) is 48.2 Å². The smallest absolute Gasteiger partial charge is 0.307 e. The highest BCUT2D eigenvalue weighted by Crippen LogP contribution is 2.29. The molecule has 0 bridgehead atoms. The number of anilines is 2. The molecule has 0 saturated carbocycles. The number of hydrogen-bond donors (Lipinski definition) is 4. The molecule has 0 aliphatic rings. The molecule has 13 heteroatoms. The molecule has 41 heavy (non-hydrogen) atoms. The molecular weight excluding hydrogens is 585 g/mol. The lowest BCUT2D eigenvalue weighted by atomic mass is 10.2. The largest absolute Gasteiger partial charge is 0.333 e. The second-order valence-electron chi connectivity index (χ2n) is 8.80. The number of rotatable bonds is 8. The maximum Gasteiger partial charge on any atom is 0.333 e. The Bertz CT molecular complexity index is 1660. The summed E-state index contributed by atoms with van der Waals surface area (Å²) in [6.45, 7) is 3.29. The summed E-state index contributed by atoms with van der Waals surface area (Å²) in [6.07, 6.45) is 0. The van der Waals surface area contributed by atoms with Gasteiger partial charge in [-0.2, -0.15) is 0 Å². The number of urea groups is 2. The minimum atomic E-state index is -4.02. The zero-order valence-corrected chi connectivity index (χ0v) is 24.4. The van der Waals surface area contributed by atoms with Crippen molar-refractivity contribution in [2.45, 2.75) is 33.4 Å². The number of amides is 4. The fraction of sp³-hybridized carbons (Fsp3) is 0.0714. The average molecular weight is 611 g/mol. The van der Waals surface area contributed by atoms with Gasteiger partial charge in [-0.25, -0.2) is 35.9 Å². The second-order valence-corrected chi connectivity index (χ2v) is 13.2. The van der Waals surface area contributed by atoms with Crippen LogP contribution < -0.4 is 20.1 Å². The van der Waals surface area contributed by atoms with Gasteiger partial charge in [0.25, 0.3) is 20.0 Å². The third-order valence-electron chi connectivity index (χ3n) is 5.68. The predicted molar refractivity (Wildman–Crippen MR) is 158 cm³/mol. The predicted octanol–water partition coefficient (Wildman–Crippen LogP) is 5.48. The zero-order chi connectivity index (χ0) is 29.6. The zero-order valence-electron chi connectivity index (χ0n) is 21.9. The molecule has 0 aliphatic carbocycles. The molecule has 0 spiro atoms. The fourth-order valence-corrected chi connectivity index (χ4v) is 6.86. The van der Waals surface area contributed by atoms with Crippen LogP contribution in [0.2, 0.25) is 0 Å². The monoisotopic (exact) mass is 610 g/mol. The Morgan fingerprint density at radius 3 is 1.22 bits per heavy atom. The maximum absolute atomic E-state index is 12.5. The minimum Gasteiger partial charge on any atom is -0.307 e. The summed E-state index contributed by atoms with van der Waals surface area (Å²) in [7, 11) is -8.04. The summed E-state index contributed by atoms with van der Waals surface area (Å²) in [6, 6.07) is 24.5. The Labute approximate surface area is 242 Å². The molecule has 0 radical (unpaired) electrons. The molecule has 212 valence electrons. The Morgan fingerprint density at radius 2 is 0.878 bits per heavy atom. The third kappa shape index (κ3) is 7.87. The molecule has 4 N–H and O–H groups in total. The van der Waals surface area contributed by atoms with Crippen LogP contribution in [-0.2, 0) is 20.0 Å². The van der Waals surface area contributed by atoms with Crippen LogP contribution in [0.3, 0.4) is 0 Å². The molecule has 0 heterocycles. The molecule has 4 aromatic carbocycles. The molecule has 10 nitrogen and oxygen atoms in total. The van der Waals surface area contributed by atoms with E-state index in [1.807, 2.05) is 9.44 Å². The number of hydrogen-bond acceptors (Lipinski definition) is 7. The summed E-state index contributed by atoms with van der Waals surface area (Å²) in [5, 5.41) is 5.01. The second kappa shape index (κ2) is 12.5. The molecular formula is C28H26N4O6S3. The van der Waals surface area contributed by atoms with Crippen molar-refractivity contribution in [1.29, 1.82) is 0 Å². The quantitative estimate of drug-likeness (QED) is 0.206. The van der Waals surface area contributed by atoms with Crippen LogP contribution >= 0.6 is 11.8 Å². The number of benzene rings is 4. The van der Waals surface area contributed by atoms with Gasteiger partial charge in [0.15, 0.2) is 0 Å². The highest BCUT2D eigenvalue weighted by atomic mass is 32.2. The van der Waals surface area contributed by atoms with E-state index in [0.29, 0.717) is 22.5 Å². The molecule has 0 saturated heterocycles. The van der Waals surface area contributed by atoms with E-state index in [1.165, 1.54) is 23.9 Å². The first-order chi connectivity index (χ1) is 19.4. The van der Waals surface area contributed by atoms with Gasteiger partial charge >= 0.3 is 12.1 Å². The van der Waals surface area contributed by atoms with Crippen LogP contribution in [0.5, 0.6) is 0 Å². The average Bonchev–Trinajstić information content (AvgIpc) is 2.90. The molecule has 0 aliphatic heterocycles. The highest BCUT2D eigenvalue weighted by Gasteiger charge is 2.20. The molecule has 0 atom stereocenters. The lowest BCUT2D eigenvalue weighted by Crippen LogP contribution is -2.34. The van der Waals surface area contributed by atoms with Gasteiger partial charge < -0.3 is 10.6 Å². The Kier molecular flexibility index (Phi) is 9.01. The van der Waals surface area contributed by atoms with Crippen molar-refractivity contribution in [3.8, 4) is 0 Å². The first kappa shape index (κ1) is 29.6. The molecule has 4 aromatic rings. The number of carbonyl (C=O) groups excluding carboxylic acids is 2. The van der Waals surface area contributed by atoms with Gasteiger partial charge in [0.2, 0.25) is 0 Å². The van der Waals surface area contributed by atoms with E-state index in [2.05, 4.69) is 10.6 Å². The highest BCUT2D eigenvalue weighted by molar-refractivity contribution is 7.99. The normalized spacial score (nSPS) is 11.4. The van der Waals surface area contributed by atoms with E-state index in [0.717, 1.165) is 9.79 Å². The Morgan fingerprint density at radius 1 is 0.537 bits per heavy atom. The number of aryl methyl sites for hydroxylation is 2. The number of nitrogens with one attached hydrogen (secondary N) is 4. The first-order valence-corrected chi connectivity index (χ1v) is 15.9. The van der Waals surface area contributed by atoms with Crippen molar-refractivity contribution < 1.29 is 26.4 Å². The van der Waals surface area contributed by atoms with Gasteiger partial charge in [-0.3, -0.25) is 0 Å².